The van der Waals surface area contributed by atoms with Crippen LogP contribution in [0.25, 0.3) is 0 Å². The second-order valence-electron chi connectivity index (χ2n) is 3.81. The number of carbonyl (C=O) groups excluding carboxylic acids is 1. The van der Waals surface area contributed by atoms with Crippen molar-refractivity contribution in [3.05, 3.63) is 58.3 Å². The zero-order valence-corrected chi connectivity index (χ0v) is 10.8. The molecule has 0 saturated heterocycles. The molecule has 0 aliphatic heterocycles. The van der Waals surface area contributed by atoms with Crippen LogP contribution >= 0.6 is 11.6 Å². The van der Waals surface area contributed by atoms with Gasteiger partial charge >= 0.3 is 5.97 Å². The van der Waals surface area contributed by atoms with Crippen LogP contribution in [0.1, 0.15) is 27.9 Å². The van der Waals surface area contributed by atoms with Crippen LogP contribution in [-0.2, 0) is 4.74 Å². The summed E-state index contributed by atoms with van der Waals surface area (Å²) in [4.78, 5) is 11.3. The van der Waals surface area contributed by atoms with Crippen LogP contribution in [0, 0.1) is 5.82 Å². The fourth-order valence-corrected chi connectivity index (χ4v) is 1.83. The third kappa shape index (κ3) is 2.62. The number of halogens is 2. The van der Waals surface area contributed by atoms with Gasteiger partial charge in [0.2, 0.25) is 5.76 Å². The van der Waals surface area contributed by atoms with Gasteiger partial charge < -0.3 is 14.9 Å². The molecule has 4 nitrogen and oxygen atoms in total. The minimum absolute atomic E-state index is 0.00962. The normalized spacial score (nSPS) is 12.2. The van der Waals surface area contributed by atoms with Gasteiger partial charge in [-0.2, -0.15) is 0 Å². The van der Waals surface area contributed by atoms with Crippen LogP contribution in [0.15, 0.2) is 34.7 Å². The lowest BCUT2D eigenvalue weighted by Crippen LogP contribution is -2.13. The number of esters is 1. The molecule has 19 heavy (non-hydrogen) atoms. The fraction of sp³-hybridized carbons (Fsp3) is 0.154. The molecular weight excluding hydrogens is 273 g/mol. The lowest BCUT2D eigenvalue weighted by atomic mass is 10.1. The number of furan rings is 1. The van der Waals surface area contributed by atoms with E-state index in [1.165, 1.54) is 31.4 Å². The number of methoxy groups -OCH3 is 1. The molecule has 2 N–H and O–H groups in total. The second kappa shape index (κ2) is 5.42. The van der Waals surface area contributed by atoms with E-state index in [1.54, 1.807) is 6.07 Å². The summed E-state index contributed by atoms with van der Waals surface area (Å²) in [5.74, 6) is -0.963. The Morgan fingerprint density at radius 3 is 2.84 bits per heavy atom. The smallest absolute Gasteiger partial charge is 0.373 e. The van der Waals surface area contributed by atoms with Crippen LogP contribution in [0.2, 0.25) is 5.02 Å². The highest BCUT2D eigenvalue weighted by Crippen LogP contribution is 2.27. The van der Waals surface area contributed by atoms with Crippen molar-refractivity contribution < 1.29 is 18.3 Å². The van der Waals surface area contributed by atoms with Crippen molar-refractivity contribution in [1.29, 1.82) is 0 Å². The van der Waals surface area contributed by atoms with Crippen molar-refractivity contribution in [2.45, 2.75) is 6.04 Å². The van der Waals surface area contributed by atoms with E-state index in [1.807, 2.05) is 0 Å². The van der Waals surface area contributed by atoms with Gasteiger partial charge in [0, 0.05) is 5.56 Å². The molecule has 0 aliphatic rings. The Morgan fingerprint density at radius 1 is 1.42 bits per heavy atom. The van der Waals surface area contributed by atoms with Crippen LogP contribution in [-0.4, -0.2) is 13.1 Å². The molecule has 6 heteroatoms. The van der Waals surface area contributed by atoms with Gasteiger partial charge in [0.1, 0.15) is 11.6 Å². The average molecular weight is 284 g/mol. The first-order valence-corrected chi connectivity index (χ1v) is 5.80. The topological polar surface area (TPSA) is 65.5 Å². The summed E-state index contributed by atoms with van der Waals surface area (Å²) in [6.07, 6.45) is 0. The molecule has 2 rings (SSSR count). The quantitative estimate of drug-likeness (QED) is 0.880. The SMILES string of the molecule is COC(=O)c1ccc(C(N)c2cccc(Cl)c2F)o1. The number of nitrogens with two attached hydrogens (primary N) is 1. The molecule has 0 bridgehead atoms. The van der Waals surface area contributed by atoms with Crippen molar-refractivity contribution in [3.8, 4) is 0 Å². The zero-order chi connectivity index (χ0) is 14.0. The Kier molecular flexibility index (Phi) is 3.87. The molecule has 0 spiro atoms. The molecule has 0 amide bonds. The van der Waals surface area contributed by atoms with E-state index < -0.39 is 17.8 Å². The first kappa shape index (κ1) is 13.6. The summed E-state index contributed by atoms with van der Waals surface area (Å²) in [6.45, 7) is 0. The van der Waals surface area contributed by atoms with Crippen molar-refractivity contribution >= 4 is 17.6 Å². The van der Waals surface area contributed by atoms with Crippen molar-refractivity contribution in [2.75, 3.05) is 7.11 Å². The molecule has 0 aliphatic carbocycles. The van der Waals surface area contributed by atoms with E-state index in [0.29, 0.717) is 0 Å². The van der Waals surface area contributed by atoms with E-state index >= 15 is 0 Å². The van der Waals surface area contributed by atoms with E-state index in [-0.39, 0.29) is 22.1 Å². The molecule has 1 atom stereocenters. The molecule has 0 fully saturated rings. The number of carbonyl (C=O) groups is 1. The Hall–Kier alpha value is -1.85. The Bertz CT molecular complexity index is 612. The molecule has 1 unspecified atom stereocenters. The van der Waals surface area contributed by atoms with Gasteiger partial charge in [0.05, 0.1) is 18.2 Å². The predicted molar refractivity (Wildman–Crippen MR) is 67.5 cm³/mol. The van der Waals surface area contributed by atoms with Crippen LogP contribution in [0.3, 0.4) is 0 Å². The van der Waals surface area contributed by atoms with Gasteiger partial charge in [0.25, 0.3) is 0 Å². The van der Waals surface area contributed by atoms with Gasteiger partial charge in [-0.15, -0.1) is 0 Å². The van der Waals surface area contributed by atoms with Gasteiger partial charge in [-0.05, 0) is 18.2 Å². The second-order valence-corrected chi connectivity index (χ2v) is 4.22. The van der Waals surface area contributed by atoms with Crippen molar-refractivity contribution in [2.24, 2.45) is 5.73 Å². The summed E-state index contributed by atoms with van der Waals surface area (Å²) < 4.78 is 23.6. The van der Waals surface area contributed by atoms with Crippen LogP contribution in [0.4, 0.5) is 4.39 Å². The van der Waals surface area contributed by atoms with Gasteiger partial charge in [-0.3, -0.25) is 0 Å². The molecule has 1 heterocycles. The Morgan fingerprint density at radius 2 is 2.16 bits per heavy atom. The average Bonchev–Trinajstić information content (AvgIpc) is 2.90. The first-order chi connectivity index (χ1) is 9.04. The van der Waals surface area contributed by atoms with E-state index in [0.717, 1.165) is 0 Å². The maximum atomic E-state index is 13.8. The fourth-order valence-electron chi connectivity index (χ4n) is 1.64. The zero-order valence-electron chi connectivity index (χ0n) is 10.0. The van der Waals surface area contributed by atoms with Crippen molar-refractivity contribution in [3.63, 3.8) is 0 Å². The monoisotopic (exact) mass is 283 g/mol. The highest BCUT2D eigenvalue weighted by molar-refractivity contribution is 6.30. The van der Waals surface area contributed by atoms with Crippen LogP contribution < -0.4 is 5.73 Å². The summed E-state index contributed by atoms with van der Waals surface area (Å²) >= 11 is 5.69. The molecule has 2 aromatic rings. The summed E-state index contributed by atoms with van der Waals surface area (Å²) in [5.41, 5.74) is 6.09. The van der Waals surface area contributed by atoms with Crippen LogP contribution in [0.5, 0.6) is 0 Å². The standard InChI is InChI=1S/C13H11ClFNO3/c1-18-13(17)10-6-5-9(19-10)12(16)7-3-2-4-8(14)11(7)15/h2-6,12H,16H2,1H3. The van der Waals surface area contributed by atoms with Crippen molar-refractivity contribution in [1.82, 2.24) is 0 Å². The predicted octanol–water partition coefficient (Wildman–Crippen LogP) is 2.91. The van der Waals surface area contributed by atoms with E-state index in [9.17, 15) is 9.18 Å². The number of benzene rings is 1. The van der Waals surface area contributed by atoms with E-state index in [4.69, 9.17) is 21.8 Å². The maximum absolute atomic E-state index is 13.8. The summed E-state index contributed by atoms with van der Waals surface area (Å²) in [5, 5.41) is -0.0207. The highest BCUT2D eigenvalue weighted by Gasteiger charge is 2.20. The largest absolute Gasteiger partial charge is 0.463 e. The van der Waals surface area contributed by atoms with Gasteiger partial charge in [-0.1, -0.05) is 23.7 Å². The number of hydrogen-bond donors (Lipinski definition) is 1. The Balaban J connectivity index is 2.34. The molecule has 0 radical (unpaired) electrons. The van der Waals surface area contributed by atoms with Gasteiger partial charge in [0.15, 0.2) is 0 Å². The first-order valence-electron chi connectivity index (χ1n) is 5.42. The molecule has 0 saturated carbocycles. The maximum Gasteiger partial charge on any atom is 0.373 e. The Labute approximate surface area is 113 Å². The number of ether oxygens (including phenoxy) is 1. The third-order valence-electron chi connectivity index (χ3n) is 2.64. The molecule has 100 valence electrons. The van der Waals surface area contributed by atoms with E-state index in [2.05, 4.69) is 4.74 Å². The minimum Gasteiger partial charge on any atom is -0.463 e. The molecule has 1 aromatic carbocycles. The highest BCUT2D eigenvalue weighted by atomic mass is 35.5. The lowest BCUT2D eigenvalue weighted by Gasteiger charge is -2.11. The summed E-state index contributed by atoms with van der Waals surface area (Å²) in [7, 11) is 1.24. The van der Waals surface area contributed by atoms with Gasteiger partial charge in [-0.25, -0.2) is 9.18 Å². The minimum atomic E-state index is -0.850. The molecular formula is C13H11ClFNO3. The molecule has 1 aromatic heterocycles. The number of hydrogen-bond acceptors (Lipinski definition) is 4. The summed E-state index contributed by atoms with van der Waals surface area (Å²) in [6, 6.07) is 6.59. The lowest BCUT2D eigenvalue weighted by molar-refractivity contribution is 0.0562. The number of rotatable bonds is 3. The third-order valence-corrected chi connectivity index (χ3v) is 2.93.